The number of aliphatic carboxylic acids is 1. The van der Waals surface area contributed by atoms with Crippen molar-refractivity contribution in [3.05, 3.63) is 70.7 Å². The van der Waals surface area contributed by atoms with Gasteiger partial charge in [0.1, 0.15) is 0 Å². The molecule has 3 rings (SSSR count). The number of amides is 1. The van der Waals surface area contributed by atoms with Crippen molar-refractivity contribution in [2.75, 3.05) is 26.2 Å². The highest BCUT2D eigenvalue weighted by atomic mass is 35.5. The van der Waals surface area contributed by atoms with Crippen molar-refractivity contribution in [1.29, 1.82) is 0 Å². The molecule has 0 spiro atoms. The summed E-state index contributed by atoms with van der Waals surface area (Å²) >= 11 is 5.99. The van der Waals surface area contributed by atoms with E-state index >= 15 is 0 Å². The molecule has 1 fully saturated rings. The minimum absolute atomic E-state index is 0.0149. The number of hydrogen-bond donors (Lipinski definition) is 1. The monoisotopic (exact) mass is 386 g/mol. The first-order chi connectivity index (χ1) is 13.0. The summed E-state index contributed by atoms with van der Waals surface area (Å²) < 4.78 is 0. The molecule has 27 heavy (non-hydrogen) atoms. The van der Waals surface area contributed by atoms with Gasteiger partial charge in [0.15, 0.2) is 0 Å². The second kappa shape index (κ2) is 9.02. The first-order valence-corrected chi connectivity index (χ1v) is 9.48. The second-order valence-electron chi connectivity index (χ2n) is 6.70. The summed E-state index contributed by atoms with van der Waals surface area (Å²) in [7, 11) is 0. The third-order valence-corrected chi connectivity index (χ3v) is 5.16. The number of carbonyl (C=O) groups excluding carboxylic acids is 1. The summed E-state index contributed by atoms with van der Waals surface area (Å²) in [6, 6.07) is 17.0. The predicted octanol–water partition coefficient (Wildman–Crippen LogP) is 3.70. The number of rotatable bonds is 6. The zero-order chi connectivity index (χ0) is 19.2. The van der Waals surface area contributed by atoms with E-state index < -0.39 is 5.97 Å². The molecule has 1 atom stereocenters. The first kappa shape index (κ1) is 19.4. The van der Waals surface area contributed by atoms with Crippen molar-refractivity contribution in [3.8, 4) is 0 Å². The molecule has 0 aromatic heterocycles. The molecule has 0 unspecified atom stereocenters. The van der Waals surface area contributed by atoms with Gasteiger partial charge in [0, 0.05) is 49.2 Å². The van der Waals surface area contributed by atoms with Gasteiger partial charge in [-0.1, -0.05) is 48.0 Å². The molecule has 1 N–H and O–H groups in total. The summed E-state index contributed by atoms with van der Waals surface area (Å²) in [6.07, 6.45) is 0.683. The fraction of sp³-hybridized carbons (Fsp3) is 0.333. The van der Waals surface area contributed by atoms with Gasteiger partial charge < -0.3 is 10.0 Å². The van der Waals surface area contributed by atoms with E-state index in [0.29, 0.717) is 43.2 Å². The van der Waals surface area contributed by atoms with Gasteiger partial charge in [0.2, 0.25) is 0 Å². The molecular weight excluding hydrogens is 364 g/mol. The Morgan fingerprint density at radius 3 is 2.33 bits per heavy atom. The van der Waals surface area contributed by atoms with E-state index in [2.05, 4.69) is 4.90 Å². The van der Waals surface area contributed by atoms with Gasteiger partial charge in [-0.3, -0.25) is 14.5 Å². The first-order valence-electron chi connectivity index (χ1n) is 9.10. The van der Waals surface area contributed by atoms with Gasteiger partial charge in [0.05, 0.1) is 0 Å². The van der Waals surface area contributed by atoms with E-state index in [9.17, 15) is 9.59 Å². The third-order valence-electron chi connectivity index (χ3n) is 4.93. The summed E-state index contributed by atoms with van der Waals surface area (Å²) in [5.74, 6) is -0.801. The molecule has 0 bridgehead atoms. The topological polar surface area (TPSA) is 60.9 Å². The molecule has 1 heterocycles. The van der Waals surface area contributed by atoms with E-state index in [4.69, 9.17) is 16.7 Å². The highest BCUT2D eigenvalue weighted by Gasteiger charge is 2.27. The van der Waals surface area contributed by atoms with Crippen molar-refractivity contribution >= 4 is 23.5 Å². The molecular formula is C21H23ClN2O3. The molecule has 5 nitrogen and oxygen atoms in total. The number of piperazine rings is 1. The third kappa shape index (κ3) is 5.08. The Labute approximate surface area is 164 Å². The van der Waals surface area contributed by atoms with Crippen LogP contribution in [0.5, 0.6) is 0 Å². The van der Waals surface area contributed by atoms with Crippen LogP contribution in [-0.4, -0.2) is 53.0 Å². The zero-order valence-electron chi connectivity index (χ0n) is 15.1. The Kier molecular flexibility index (Phi) is 6.48. The summed E-state index contributed by atoms with van der Waals surface area (Å²) in [6.45, 7) is 2.65. The Hall–Kier alpha value is -2.37. The highest BCUT2D eigenvalue weighted by Crippen LogP contribution is 2.27. The lowest BCUT2D eigenvalue weighted by atomic mass is 9.99. The number of halogens is 1. The maximum Gasteiger partial charge on any atom is 0.303 e. The average Bonchev–Trinajstić information content (AvgIpc) is 2.69. The van der Waals surface area contributed by atoms with Crippen LogP contribution in [0.4, 0.5) is 0 Å². The van der Waals surface area contributed by atoms with Crippen LogP contribution in [0.3, 0.4) is 0 Å². The molecule has 6 heteroatoms. The minimum atomic E-state index is -0.786. The SMILES string of the molecule is O=C(O)CC[C@H](c1ccccc1)N1CCN(C(=O)c2cccc(Cl)c2)CC1. The Balaban J connectivity index is 1.66. The average molecular weight is 387 g/mol. The van der Waals surface area contributed by atoms with E-state index in [1.807, 2.05) is 35.2 Å². The van der Waals surface area contributed by atoms with Gasteiger partial charge in [0.25, 0.3) is 5.91 Å². The van der Waals surface area contributed by atoms with Crippen molar-refractivity contribution in [3.63, 3.8) is 0 Å². The van der Waals surface area contributed by atoms with Crippen LogP contribution in [-0.2, 0) is 4.79 Å². The summed E-state index contributed by atoms with van der Waals surface area (Å²) in [5.41, 5.74) is 1.72. The minimum Gasteiger partial charge on any atom is -0.481 e. The van der Waals surface area contributed by atoms with Crippen LogP contribution >= 0.6 is 11.6 Å². The largest absolute Gasteiger partial charge is 0.481 e. The van der Waals surface area contributed by atoms with Crippen molar-refractivity contribution in [2.45, 2.75) is 18.9 Å². The molecule has 1 amide bonds. The highest BCUT2D eigenvalue weighted by molar-refractivity contribution is 6.30. The van der Waals surface area contributed by atoms with Crippen LogP contribution in [0.15, 0.2) is 54.6 Å². The fourth-order valence-corrected chi connectivity index (χ4v) is 3.73. The van der Waals surface area contributed by atoms with Gasteiger partial charge in [-0.2, -0.15) is 0 Å². The normalized spacial score (nSPS) is 16.1. The maximum atomic E-state index is 12.7. The second-order valence-corrected chi connectivity index (χ2v) is 7.13. The van der Waals surface area contributed by atoms with Gasteiger partial charge in [-0.25, -0.2) is 0 Å². The van der Waals surface area contributed by atoms with Crippen molar-refractivity contribution < 1.29 is 14.7 Å². The number of carboxylic acid groups (broad SMARTS) is 1. The van der Waals surface area contributed by atoms with Crippen LogP contribution in [0.25, 0.3) is 0 Å². The van der Waals surface area contributed by atoms with Crippen LogP contribution in [0.2, 0.25) is 5.02 Å². The molecule has 0 radical (unpaired) electrons. The standard InChI is InChI=1S/C21H23ClN2O3/c22-18-8-4-7-17(15-18)21(27)24-13-11-23(12-14-24)19(9-10-20(25)26)16-5-2-1-3-6-16/h1-8,15,19H,9-14H2,(H,25,26)/t19-/m1/s1. The lowest BCUT2D eigenvalue weighted by Crippen LogP contribution is -2.49. The van der Waals surface area contributed by atoms with Crippen LogP contribution < -0.4 is 0 Å². The number of hydrogen-bond acceptors (Lipinski definition) is 3. The summed E-state index contributed by atoms with van der Waals surface area (Å²) in [5, 5.41) is 9.64. The lowest BCUT2D eigenvalue weighted by Gasteiger charge is -2.39. The fourth-order valence-electron chi connectivity index (χ4n) is 3.54. The van der Waals surface area contributed by atoms with E-state index in [-0.39, 0.29) is 18.4 Å². The van der Waals surface area contributed by atoms with Gasteiger partial charge in [-0.05, 0) is 30.2 Å². The Morgan fingerprint density at radius 1 is 1.00 bits per heavy atom. The van der Waals surface area contributed by atoms with Crippen molar-refractivity contribution in [2.24, 2.45) is 0 Å². The Bertz CT molecular complexity index is 789. The van der Waals surface area contributed by atoms with Crippen LogP contribution in [0, 0.1) is 0 Å². The quantitative estimate of drug-likeness (QED) is 0.822. The van der Waals surface area contributed by atoms with E-state index in [1.54, 1.807) is 24.3 Å². The van der Waals surface area contributed by atoms with Crippen molar-refractivity contribution in [1.82, 2.24) is 9.80 Å². The number of carbonyl (C=O) groups is 2. The molecule has 0 aliphatic carbocycles. The number of nitrogens with zero attached hydrogens (tertiary/aromatic N) is 2. The lowest BCUT2D eigenvalue weighted by molar-refractivity contribution is -0.137. The zero-order valence-corrected chi connectivity index (χ0v) is 15.8. The molecule has 2 aromatic rings. The molecule has 0 saturated carbocycles. The molecule has 1 aliphatic heterocycles. The van der Waals surface area contributed by atoms with Gasteiger partial charge >= 0.3 is 5.97 Å². The molecule has 2 aromatic carbocycles. The molecule has 142 valence electrons. The van der Waals surface area contributed by atoms with Gasteiger partial charge in [-0.15, -0.1) is 0 Å². The number of carboxylic acids is 1. The predicted molar refractivity (Wildman–Crippen MR) is 105 cm³/mol. The molecule has 1 aliphatic rings. The van der Waals surface area contributed by atoms with Crippen LogP contribution in [0.1, 0.15) is 34.8 Å². The Morgan fingerprint density at radius 2 is 1.70 bits per heavy atom. The summed E-state index contributed by atoms with van der Waals surface area (Å²) in [4.78, 5) is 27.9. The maximum absolute atomic E-state index is 12.7. The van der Waals surface area contributed by atoms with E-state index in [0.717, 1.165) is 5.56 Å². The number of benzene rings is 2. The molecule has 1 saturated heterocycles. The smallest absolute Gasteiger partial charge is 0.303 e. The van der Waals surface area contributed by atoms with E-state index in [1.165, 1.54) is 0 Å².